The van der Waals surface area contributed by atoms with Crippen LogP contribution in [0.3, 0.4) is 0 Å². The lowest BCUT2D eigenvalue weighted by Crippen LogP contribution is -2.63. The van der Waals surface area contributed by atoms with E-state index in [1.165, 1.54) is 6.92 Å². The van der Waals surface area contributed by atoms with Gasteiger partial charge in [-0.05, 0) is 52.4 Å². The van der Waals surface area contributed by atoms with Crippen LogP contribution in [0, 0.1) is 5.92 Å². The molecule has 1 saturated heterocycles. The molecule has 1 unspecified atom stereocenters. The van der Waals surface area contributed by atoms with E-state index in [1.54, 1.807) is 6.92 Å². The molecule has 1 rings (SSSR count). The number of rotatable bonds is 5. The van der Waals surface area contributed by atoms with Crippen molar-refractivity contribution in [2.45, 2.75) is 84.7 Å². The molecule has 1 aliphatic heterocycles. The molecule has 0 aromatic carbocycles. The maximum atomic E-state index is 11.5. The number of carbonyl (C=O) groups is 2. The lowest BCUT2D eigenvalue weighted by atomic mass is 9.70. The van der Waals surface area contributed by atoms with Crippen molar-refractivity contribution < 1.29 is 14.4 Å². The zero-order valence-corrected chi connectivity index (χ0v) is 13.8. The molecule has 20 heavy (non-hydrogen) atoms. The zero-order valence-electron chi connectivity index (χ0n) is 13.8. The first-order chi connectivity index (χ1) is 9.16. The molecule has 1 fully saturated rings. The van der Waals surface area contributed by atoms with Gasteiger partial charge in [0.1, 0.15) is 5.78 Å². The van der Waals surface area contributed by atoms with E-state index in [0.717, 1.165) is 25.7 Å². The Labute approximate surface area is 122 Å². The van der Waals surface area contributed by atoms with Crippen molar-refractivity contribution in [2.75, 3.05) is 0 Å². The van der Waals surface area contributed by atoms with Gasteiger partial charge in [0.05, 0.1) is 11.1 Å². The van der Waals surface area contributed by atoms with Crippen molar-refractivity contribution in [3.63, 3.8) is 0 Å². The molecule has 4 nitrogen and oxygen atoms in total. The Kier molecular flexibility index (Phi) is 5.36. The lowest BCUT2D eigenvalue weighted by Gasteiger charge is -2.55. The third-order valence-corrected chi connectivity index (χ3v) is 4.55. The lowest BCUT2D eigenvalue weighted by molar-refractivity contribution is -0.279. The maximum Gasteiger partial charge on any atom is 0.322 e. The van der Waals surface area contributed by atoms with Crippen molar-refractivity contribution in [1.29, 1.82) is 0 Å². The molecule has 0 radical (unpaired) electrons. The summed E-state index contributed by atoms with van der Waals surface area (Å²) in [5, 5.41) is 1.92. The molecule has 0 aromatic heterocycles. The predicted octanol–water partition coefficient (Wildman–Crippen LogP) is 3.49. The third kappa shape index (κ3) is 3.60. The highest BCUT2D eigenvalue weighted by molar-refractivity contribution is 5.75. The molecule has 1 atom stereocenters. The third-order valence-electron chi connectivity index (χ3n) is 4.55. The normalized spacial score (nSPS) is 25.2. The van der Waals surface area contributed by atoms with E-state index in [4.69, 9.17) is 4.84 Å². The van der Waals surface area contributed by atoms with Crippen LogP contribution in [0.25, 0.3) is 0 Å². The number of hydrogen-bond donors (Lipinski definition) is 0. The minimum atomic E-state index is -0.269. The summed E-state index contributed by atoms with van der Waals surface area (Å²) >= 11 is 0. The molecule has 0 saturated carbocycles. The second-order valence-corrected chi connectivity index (χ2v) is 6.80. The second-order valence-electron chi connectivity index (χ2n) is 6.80. The Morgan fingerprint density at radius 1 is 1.15 bits per heavy atom. The van der Waals surface area contributed by atoms with E-state index >= 15 is 0 Å². The van der Waals surface area contributed by atoms with Gasteiger partial charge in [0.15, 0.2) is 0 Å². The van der Waals surface area contributed by atoms with E-state index in [9.17, 15) is 9.59 Å². The summed E-state index contributed by atoms with van der Waals surface area (Å²) in [6.07, 6.45) is 4.24. The maximum absolute atomic E-state index is 11.5. The average molecular weight is 283 g/mol. The first kappa shape index (κ1) is 17.2. The van der Waals surface area contributed by atoms with Crippen LogP contribution < -0.4 is 0 Å². The van der Waals surface area contributed by atoms with Gasteiger partial charge in [-0.25, -0.2) is 0 Å². The molecule has 116 valence electrons. The fourth-order valence-electron chi connectivity index (χ4n) is 3.85. The van der Waals surface area contributed by atoms with Gasteiger partial charge in [0, 0.05) is 13.3 Å². The van der Waals surface area contributed by atoms with Gasteiger partial charge in [-0.2, -0.15) is 0 Å². The second kappa shape index (κ2) is 6.25. The summed E-state index contributed by atoms with van der Waals surface area (Å²) in [4.78, 5) is 28.5. The molecule has 0 aromatic rings. The van der Waals surface area contributed by atoms with Crippen LogP contribution in [-0.2, 0) is 14.4 Å². The summed E-state index contributed by atoms with van der Waals surface area (Å²) in [5.74, 6) is 0.344. The number of piperidine rings is 1. The molecular formula is C16H29NO3. The number of carbonyl (C=O) groups excluding carboxylic acids is 2. The summed E-state index contributed by atoms with van der Waals surface area (Å²) in [6, 6.07) is 0. The number of Topliss-reactive ketones (excluding diaryl/α,β-unsaturated/α-hetero) is 1. The van der Waals surface area contributed by atoms with E-state index in [0.29, 0.717) is 12.3 Å². The van der Waals surface area contributed by atoms with Crippen molar-refractivity contribution in [2.24, 2.45) is 5.92 Å². The molecule has 0 aliphatic carbocycles. The fourth-order valence-corrected chi connectivity index (χ4v) is 3.85. The Balaban J connectivity index is 3.09. The first-order valence-electron chi connectivity index (χ1n) is 7.65. The van der Waals surface area contributed by atoms with Gasteiger partial charge in [0.2, 0.25) is 0 Å². The largest absolute Gasteiger partial charge is 0.367 e. The molecule has 0 spiro atoms. The minimum absolute atomic E-state index is 0.159. The monoisotopic (exact) mass is 283 g/mol. The molecule has 1 aliphatic rings. The van der Waals surface area contributed by atoms with Crippen LogP contribution in [0.15, 0.2) is 0 Å². The Bertz CT molecular complexity index is 372. The van der Waals surface area contributed by atoms with Gasteiger partial charge < -0.3 is 9.63 Å². The van der Waals surface area contributed by atoms with E-state index in [1.807, 2.05) is 5.06 Å². The fraction of sp³-hybridized carbons (Fsp3) is 0.875. The smallest absolute Gasteiger partial charge is 0.322 e. The van der Waals surface area contributed by atoms with Crippen molar-refractivity contribution in [1.82, 2.24) is 5.06 Å². The van der Waals surface area contributed by atoms with Crippen LogP contribution in [0.4, 0.5) is 0 Å². The molecule has 4 heteroatoms. The van der Waals surface area contributed by atoms with Crippen molar-refractivity contribution in [3.05, 3.63) is 0 Å². The average Bonchev–Trinajstić information content (AvgIpc) is 2.30. The summed E-state index contributed by atoms with van der Waals surface area (Å²) in [6.45, 7) is 11.6. The first-order valence-corrected chi connectivity index (χ1v) is 7.65. The molecular weight excluding hydrogens is 254 g/mol. The minimum Gasteiger partial charge on any atom is -0.367 e. The van der Waals surface area contributed by atoms with Gasteiger partial charge in [-0.15, -0.1) is 5.06 Å². The van der Waals surface area contributed by atoms with Crippen molar-refractivity contribution in [3.8, 4) is 0 Å². The van der Waals surface area contributed by atoms with Crippen LogP contribution in [0.5, 0.6) is 0 Å². The van der Waals surface area contributed by atoms with Crippen LogP contribution in [0.1, 0.15) is 73.6 Å². The zero-order chi connectivity index (χ0) is 15.6. The highest BCUT2D eigenvalue weighted by Crippen LogP contribution is 2.46. The molecule has 0 amide bonds. The topological polar surface area (TPSA) is 46.6 Å². The van der Waals surface area contributed by atoms with Gasteiger partial charge >= 0.3 is 5.97 Å². The Hall–Kier alpha value is -0.900. The highest BCUT2D eigenvalue weighted by Gasteiger charge is 2.51. The van der Waals surface area contributed by atoms with Crippen LogP contribution in [-0.4, -0.2) is 27.9 Å². The van der Waals surface area contributed by atoms with E-state index in [2.05, 4.69) is 27.7 Å². The number of hydrogen-bond acceptors (Lipinski definition) is 4. The predicted molar refractivity (Wildman–Crippen MR) is 79.0 cm³/mol. The number of ketones is 1. The SMILES string of the molecule is CCC1(CC)CC(CC(C)=O)CC(C)(C)N1OC(C)=O. The summed E-state index contributed by atoms with van der Waals surface area (Å²) in [7, 11) is 0. The van der Waals surface area contributed by atoms with E-state index in [-0.39, 0.29) is 22.8 Å². The molecule has 0 N–H and O–H groups in total. The van der Waals surface area contributed by atoms with Crippen molar-refractivity contribution >= 4 is 11.8 Å². The van der Waals surface area contributed by atoms with Crippen LogP contribution in [0.2, 0.25) is 0 Å². The number of nitrogens with zero attached hydrogens (tertiary/aromatic N) is 1. The molecule has 1 heterocycles. The standard InChI is InChI=1S/C16H29NO3/c1-7-16(8-2)11-14(9-12(3)18)10-15(5,6)17(16)20-13(4)19/h14H,7-11H2,1-6H3. The number of hydroxylamine groups is 2. The highest BCUT2D eigenvalue weighted by atomic mass is 16.7. The van der Waals surface area contributed by atoms with E-state index < -0.39 is 0 Å². The van der Waals surface area contributed by atoms with Gasteiger partial charge in [0.25, 0.3) is 0 Å². The quantitative estimate of drug-likeness (QED) is 0.775. The van der Waals surface area contributed by atoms with Gasteiger partial charge in [-0.3, -0.25) is 4.79 Å². The van der Waals surface area contributed by atoms with Crippen LogP contribution >= 0.6 is 0 Å². The Morgan fingerprint density at radius 3 is 2.10 bits per heavy atom. The molecule has 0 bridgehead atoms. The van der Waals surface area contributed by atoms with Gasteiger partial charge in [-0.1, -0.05) is 13.8 Å². The summed E-state index contributed by atoms with van der Waals surface area (Å²) in [5.41, 5.74) is -0.399. The summed E-state index contributed by atoms with van der Waals surface area (Å²) < 4.78 is 0. The Morgan fingerprint density at radius 2 is 1.70 bits per heavy atom.